The van der Waals surface area contributed by atoms with Crippen LogP contribution in [0.3, 0.4) is 0 Å². The van der Waals surface area contributed by atoms with Crippen LogP contribution in [-0.4, -0.2) is 23.0 Å². The van der Waals surface area contributed by atoms with Gasteiger partial charge in [0.2, 0.25) is 0 Å². The molecular weight excluding hydrogens is 214 g/mol. The van der Waals surface area contributed by atoms with Gasteiger partial charge in [0.05, 0.1) is 10.6 Å². The molecule has 1 aliphatic carbocycles. The summed E-state index contributed by atoms with van der Waals surface area (Å²) >= 11 is 5.84. The monoisotopic (exact) mass is 225 g/mol. The van der Waals surface area contributed by atoms with E-state index in [1.54, 1.807) is 12.3 Å². The van der Waals surface area contributed by atoms with Crippen LogP contribution in [0.25, 0.3) is 0 Å². The van der Waals surface area contributed by atoms with Gasteiger partial charge in [-0.05, 0) is 18.9 Å². The van der Waals surface area contributed by atoms with Crippen molar-refractivity contribution < 1.29 is 4.79 Å². The Balaban J connectivity index is 1.99. The molecule has 3 N–H and O–H groups in total. The molecule has 1 amide bonds. The Bertz CT molecular complexity index is 377. The molecule has 5 heteroatoms. The van der Waals surface area contributed by atoms with E-state index in [-0.39, 0.29) is 18.0 Å². The Morgan fingerprint density at radius 2 is 2.33 bits per heavy atom. The molecule has 1 heterocycles. The Morgan fingerprint density at radius 1 is 1.60 bits per heavy atom. The van der Waals surface area contributed by atoms with Crippen molar-refractivity contribution in [2.45, 2.75) is 24.9 Å². The summed E-state index contributed by atoms with van der Waals surface area (Å²) in [5.74, 6) is -0.153. The number of rotatable bonds is 2. The van der Waals surface area contributed by atoms with Gasteiger partial charge in [-0.15, -0.1) is 0 Å². The molecule has 0 spiro atoms. The highest BCUT2D eigenvalue weighted by atomic mass is 35.5. The van der Waals surface area contributed by atoms with Crippen molar-refractivity contribution in [3.05, 3.63) is 29.0 Å². The molecule has 0 aromatic carbocycles. The van der Waals surface area contributed by atoms with Crippen LogP contribution in [0, 0.1) is 0 Å². The number of carbonyl (C=O) groups excluding carboxylic acids is 1. The van der Waals surface area contributed by atoms with Gasteiger partial charge in [-0.25, -0.2) is 0 Å². The second-order valence-corrected chi connectivity index (χ2v) is 4.16. The third-order valence-corrected chi connectivity index (χ3v) is 2.83. The summed E-state index contributed by atoms with van der Waals surface area (Å²) in [5, 5.41) is 3.25. The van der Waals surface area contributed by atoms with Crippen LogP contribution in [0.4, 0.5) is 0 Å². The maximum Gasteiger partial charge on any atom is 0.253 e. The minimum Gasteiger partial charge on any atom is -0.349 e. The van der Waals surface area contributed by atoms with E-state index in [4.69, 9.17) is 17.3 Å². The molecule has 2 rings (SSSR count). The minimum absolute atomic E-state index is 0.153. The van der Waals surface area contributed by atoms with Gasteiger partial charge in [-0.3, -0.25) is 9.78 Å². The molecule has 0 unspecified atom stereocenters. The maximum absolute atomic E-state index is 11.7. The van der Waals surface area contributed by atoms with E-state index in [1.807, 2.05) is 0 Å². The molecule has 1 aromatic rings. The Labute approximate surface area is 92.8 Å². The average molecular weight is 226 g/mol. The zero-order valence-electron chi connectivity index (χ0n) is 8.11. The van der Waals surface area contributed by atoms with Crippen LogP contribution in [0.2, 0.25) is 5.02 Å². The number of nitrogens with two attached hydrogens (primary N) is 1. The largest absolute Gasteiger partial charge is 0.349 e. The normalized spacial score (nSPS) is 24.4. The molecule has 0 aliphatic heterocycles. The SMILES string of the molecule is NC1CC(NC(=O)c2ccncc2Cl)C1. The first kappa shape index (κ1) is 10.4. The Kier molecular flexibility index (Phi) is 2.88. The number of carbonyl (C=O) groups is 1. The number of nitrogens with one attached hydrogen (secondary N) is 1. The van der Waals surface area contributed by atoms with Crippen molar-refractivity contribution in [1.82, 2.24) is 10.3 Å². The van der Waals surface area contributed by atoms with Crippen molar-refractivity contribution in [3.8, 4) is 0 Å². The lowest BCUT2D eigenvalue weighted by Crippen LogP contribution is -2.50. The summed E-state index contributed by atoms with van der Waals surface area (Å²) in [6, 6.07) is 2.02. The minimum atomic E-state index is -0.153. The fourth-order valence-corrected chi connectivity index (χ4v) is 1.81. The van der Waals surface area contributed by atoms with Gasteiger partial charge in [0, 0.05) is 24.5 Å². The van der Waals surface area contributed by atoms with Crippen molar-refractivity contribution >= 4 is 17.5 Å². The second-order valence-electron chi connectivity index (χ2n) is 3.76. The summed E-state index contributed by atoms with van der Waals surface area (Å²) in [4.78, 5) is 15.5. The van der Waals surface area contributed by atoms with E-state index >= 15 is 0 Å². The molecule has 1 fully saturated rings. The topological polar surface area (TPSA) is 68.0 Å². The molecule has 0 saturated heterocycles. The lowest BCUT2D eigenvalue weighted by atomic mass is 9.87. The number of hydrogen-bond acceptors (Lipinski definition) is 3. The molecule has 1 aliphatic rings. The number of hydrogen-bond donors (Lipinski definition) is 2. The zero-order chi connectivity index (χ0) is 10.8. The van der Waals surface area contributed by atoms with Gasteiger partial charge in [-0.2, -0.15) is 0 Å². The molecule has 4 nitrogen and oxygen atoms in total. The maximum atomic E-state index is 11.7. The zero-order valence-corrected chi connectivity index (χ0v) is 8.87. The average Bonchev–Trinajstić information content (AvgIpc) is 2.16. The summed E-state index contributed by atoms with van der Waals surface area (Å²) in [5.41, 5.74) is 6.09. The summed E-state index contributed by atoms with van der Waals surface area (Å²) < 4.78 is 0. The van der Waals surface area contributed by atoms with Crippen molar-refractivity contribution in [1.29, 1.82) is 0 Å². The Morgan fingerprint density at radius 3 is 2.93 bits per heavy atom. The number of amides is 1. The molecule has 1 saturated carbocycles. The molecular formula is C10H12ClN3O. The van der Waals surface area contributed by atoms with Gasteiger partial charge in [0.25, 0.3) is 5.91 Å². The van der Waals surface area contributed by atoms with Crippen LogP contribution in [0.1, 0.15) is 23.2 Å². The fourth-order valence-electron chi connectivity index (χ4n) is 1.60. The first-order valence-corrected chi connectivity index (χ1v) is 5.20. The molecule has 0 radical (unpaired) electrons. The van der Waals surface area contributed by atoms with E-state index in [9.17, 15) is 4.79 Å². The number of nitrogens with zero attached hydrogens (tertiary/aromatic N) is 1. The molecule has 0 atom stereocenters. The quantitative estimate of drug-likeness (QED) is 0.788. The van der Waals surface area contributed by atoms with E-state index in [0.717, 1.165) is 12.8 Å². The van der Waals surface area contributed by atoms with Crippen molar-refractivity contribution in [2.24, 2.45) is 5.73 Å². The highest BCUT2D eigenvalue weighted by Gasteiger charge is 2.27. The highest BCUT2D eigenvalue weighted by Crippen LogP contribution is 2.19. The van der Waals surface area contributed by atoms with Crippen LogP contribution in [0.5, 0.6) is 0 Å². The molecule has 0 bridgehead atoms. The van der Waals surface area contributed by atoms with Crippen molar-refractivity contribution in [2.75, 3.05) is 0 Å². The van der Waals surface area contributed by atoms with Gasteiger partial charge in [0.1, 0.15) is 0 Å². The summed E-state index contributed by atoms with van der Waals surface area (Å²) in [6.45, 7) is 0. The number of pyridine rings is 1. The van der Waals surface area contributed by atoms with Crippen LogP contribution in [-0.2, 0) is 0 Å². The summed E-state index contributed by atoms with van der Waals surface area (Å²) in [7, 11) is 0. The van der Waals surface area contributed by atoms with Crippen LogP contribution >= 0.6 is 11.6 Å². The molecule has 15 heavy (non-hydrogen) atoms. The van der Waals surface area contributed by atoms with Gasteiger partial charge >= 0.3 is 0 Å². The van der Waals surface area contributed by atoms with E-state index < -0.39 is 0 Å². The standard InChI is InChI=1S/C10H12ClN3O/c11-9-5-13-2-1-8(9)10(15)14-7-3-6(12)4-7/h1-2,5-7H,3-4,12H2,(H,14,15). The van der Waals surface area contributed by atoms with Crippen LogP contribution in [0.15, 0.2) is 18.5 Å². The smallest absolute Gasteiger partial charge is 0.253 e. The molecule has 80 valence electrons. The van der Waals surface area contributed by atoms with E-state index in [0.29, 0.717) is 10.6 Å². The second kappa shape index (κ2) is 4.16. The number of halogens is 1. The predicted octanol–water partition coefficient (Wildman–Crippen LogP) is 0.954. The van der Waals surface area contributed by atoms with E-state index in [1.165, 1.54) is 6.20 Å². The number of aromatic nitrogens is 1. The van der Waals surface area contributed by atoms with E-state index in [2.05, 4.69) is 10.3 Å². The highest BCUT2D eigenvalue weighted by molar-refractivity contribution is 6.33. The van der Waals surface area contributed by atoms with Gasteiger partial charge in [-0.1, -0.05) is 11.6 Å². The van der Waals surface area contributed by atoms with Crippen LogP contribution < -0.4 is 11.1 Å². The third kappa shape index (κ3) is 2.27. The predicted molar refractivity (Wildman–Crippen MR) is 57.7 cm³/mol. The van der Waals surface area contributed by atoms with Crippen molar-refractivity contribution in [3.63, 3.8) is 0 Å². The first-order chi connectivity index (χ1) is 7.16. The van der Waals surface area contributed by atoms with Gasteiger partial charge in [0.15, 0.2) is 0 Å². The Hall–Kier alpha value is -1.13. The first-order valence-electron chi connectivity index (χ1n) is 4.83. The van der Waals surface area contributed by atoms with Gasteiger partial charge < -0.3 is 11.1 Å². The molecule has 1 aromatic heterocycles. The fraction of sp³-hybridized carbons (Fsp3) is 0.400. The lowest BCUT2D eigenvalue weighted by molar-refractivity contribution is 0.0910. The lowest BCUT2D eigenvalue weighted by Gasteiger charge is -2.32. The third-order valence-electron chi connectivity index (χ3n) is 2.53. The summed E-state index contributed by atoms with van der Waals surface area (Å²) in [6.07, 6.45) is 4.69.